The summed E-state index contributed by atoms with van der Waals surface area (Å²) in [4.78, 5) is 19.1. The van der Waals surface area contributed by atoms with E-state index in [1.807, 2.05) is 13.8 Å². The molecule has 0 aliphatic rings. The van der Waals surface area contributed by atoms with E-state index in [2.05, 4.69) is 15.3 Å². The van der Waals surface area contributed by atoms with E-state index >= 15 is 0 Å². The van der Waals surface area contributed by atoms with Gasteiger partial charge in [-0.3, -0.25) is 4.79 Å². The van der Waals surface area contributed by atoms with E-state index in [9.17, 15) is 4.79 Å². The summed E-state index contributed by atoms with van der Waals surface area (Å²) in [5, 5.41) is 2.69. The Morgan fingerprint density at radius 3 is 2.62 bits per heavy atom. The first-order valence-electron chi connectivity index (χ1n) is 4.66. The van der Waals surface area contributed by atoms with Crippen molar-refractivity contribution in [2.75, 3.05) is 5.32 Å². The third kappa shape index (κ3) is 3.04. The molecule has 3 N–H and O–H groups in total. The van der Waals surface area contributed by atoms with Crippen LogP contribution in [-0.4, -0.2) is 21.9 Å². The molecule has 0 aromatic carbocycles. The van der Waals surface area contributed by atoms with Gasteiger partial charge >= 0.3 is 0 Å². The van der Waals surface area contributed by atoms with Gasteiger partial charge in [0.15, 0.2) is 11.0 Å². The summed E-state index contributed by atoms with van der Waals surface area (Å²) >= 11 is 11.5. The number of halogens is 2. The fraction of sp³-hybridized carbons (Fsp3) is 0.444. The van der Waals surface area contributed by atoms with Gasteiger partial charge in [0.1, 0.15) is 11.3 Å². The Bertz CT molecular complexity index is 397. The minimum atomic E-state index is -0.621. The Balaban J connectivity index is 2.81. The van der Waals surface area contributed by atoms with Crippen molar-refractivity contribution in [3.8, 4) is 0 Å². The minimum Gasteiger partial charge on any atom is -0.320 e. The van der Waals surface area contributed by atoms with Gasteiger partial charge in [0.25, 0.3) is 0 Å². The number of carbonyl (C=O) groups excluding carboxylic acids is 1. The molecule has 0 radical (unpaired) electrons. The molecule has 5 nitrogen and oxygen atoms in total. The number of nitrogens with zero attached hydrogens (tertiary/aromatic N) is 2. The Labute approximate surface area is 103 Å². The summed E-state index contributed by atoms with van der Waals surface area (Å²) in [6, 6.07) is -0.621. The number of rotatable bonds is 3. The van der Waals surface area contributed by atoms with Crippen LogP contribution in [0.2, 0.25) is 10.2 Å². The molecule has 0 saturated heterocycles. The van der Waals surface area contributed by atoms with E-state index in [-0.39, 0.29) is 27.8 Å². The SMILES string of the molecule is CC(C)C(N)C(=O)Nc1ncnc(Cl)c1Cl. The molecule has 1 rings (SSSR count). The second kappa shape index (κ2) is 5.43. The first-order valence-corrected chi connectivity index (χ1v) is 5.41. The number of aromatic nitrogens is 2. The molecular weight excluding hydrogens is 251 g/mol. The van der Waals surface area contributed by atoms with Crippen molar-refractivity contribution in [2.45, 2.75) is 19.9 Å². The highest BCUT2D eigenvalue weighted by molar-refractivity contribution is 6.42. The fourth-order valence-electron chi connectivity index (χ4n) is 0.938. The number of anilines is 1. The monoisotopic (exact) mass is 262 g/mol. The Morgan fingerprint density at radius 2 is 2.06 bits per heavy atom. The molecule has 0 bridgehead atoms. The highest BCUT2D eigenvalue weighted by Gasteiger charge is 2.19. The van der Waals surface area contributed by atoms with E-state index in [0.29, 0.717) is 0 Å². The molecule has 1 heterocycles. The summed E-state index contributed by atoms with van der Waals surface area (Å²) in [6.45, 7) is 3.69. The summed E-state index contributed by atoms with van der Waals surface area (Å²) in [5.41, 5.74) is 5.66. The molecule has 0 saturated carbocycles. The number of hydrogen-bond acceptors (Lipinski definition) is 4. The van der Waals surface area contributed by atoms with Gasteiger partial charge in [-0.05, 0) is 5.92 Å². The molecule has 0 aliphatic carbocycles. The van der Waals surface area contributed by atoms with Gasteiger partial charge in [-0.2, -0.15) is 0 Å². The molecule has 0 spiro atoms. The highest BCUT2D eigenvalue weighted by Crippen LogP contribution is 2.25. The van der Waals surface area contributed by atoms with Crippen molar-refractivity contribution in [2.24, 2.45) is 11.7 Å². The lowest BCUT2D eigenvalue weighted by atomic mass is 10.1. The minimum absolute atomic E-state index is 0.0242. The maximum atomic E-state index is 11.6. The molecular formula is C9H12Cl2N4O. The Kier molecular flexibility index (Phi) is 4.46. The maximum Gasteiger partial charge on any atom is 0.242 e. The molecule has 1 aromatic rings. The van der Waals surface area contributed by atoms with Crippen LogP contribution in [-0.2, 0) is 4.79 Å². The fourth-order valence-corrected chi connectivity index (χ4v) is 1.22. The molecule has 16 heavy (non-hydrogen) atoms. The van der Waals surface area contributed by atoms with Gasteiger partial charge in [-0.1, -0.05) is 37.0 Å². The van der Waals surface area contributed by atoms with Gasteiger partial charge < -0.3 is 11.1 Å². The topological polar surface area (TPSA) is 80.9 Å². The average Bonchev–Trinajstić information content (AvgIpc) is 2.23. The van der Waals surface area contributed by atoms with Crippen LogP contribution < -0.4 is 11.1 Å². The largest absolute Gasteiger partial charge is 0.320 e. The van der Waals surface area contributed by atoms with E-state index in [1.165, 1.54) is 6.33 Å². The van der Waals surface area contributed by atoms with E-state index in [1.54, 1.807) is 0 Å². The van der Waals surface area contributed by atoms with E-state index in [0.717, 1.165) is 0 Å². The third-order valence-electron chi connectivity index (χ3n) is 2.01. The normalized spacial score (nSPS) is 12.6. The summed E-state index contributed by atoms with van der Waals surface area (Å²) < 4.78 is 0. The maximum absolute atomic E-state index is 11.6. The van der Waals surface area contributed by atoms with Gasteiger partial charge in [-0.15, -0.1) is 0 Å². The number of hydrogen-bond donors (Lipinski definition) is 2. The predicted molar refractivity (Wildman–Crippen MR) is 63.5 cm³/mol. The zero-order valence-electron chi connectivity index (χ0n) is 8.87. The number of nitrogens with one attached hydrogen (secondary N) is 1. The van der Waals surface area contributed by atoms with Crippen LogP contribution in [0.3, 0.4) is 0 Å². The first kappa shape index (κ1) is 13.2. The lowest BCUT2D eigenvalue weighted by molar-refractivity contribution is -0.118. The molecule has 1 amide bonds. The van der Waals surface area contributed by atoms with Crippen LogP contribution in [0.5, 0.6) is 0 Å². The molecule has 1 aromatic heterocycles. The zero-order valence-corrected chi connectivity index (χ0v) is 10.4. The lowest BCUT2D eigenvalue weighted by Crippen LogP contribution is -2.40. The molecule has 1 unspecified atom stereocenters. The summed E-state index contributed by atoms with van der Waals surface area (Å²) in [6.07, 6.45) is 1.21. The quantitative estimate of drug-likeness (QED) is 0.813. The number of carbonyl (C=O) groups is 1. The smallest absolute Gasteiger partial charge is 0.242 e. The lowest BCUT2D eigenvalue weighted by Gasteiger charge is -2.15. The average molecular weight is 263 g/mol. The van der Waals surface area contributed by atoms with Crippen LogP contribution in [0.15, 0.2) is 6.33 Å². The van der Waals surface area contributed by atoms with Crippen molar-refractivity contribution in [3.63, 3.8) is 0 Å². The van der Waals surface area contributed by atoms with Crippen LogP contribution >= 0.6 is 23.2 Å². The van der Waals surface area contributed by atoms with Crippen molar-refractivity contribution in [3.05, 3.63) is 16.5 Å². The number of nitrogens with two attached hydrogens (primary N) is 1. The van der Waals surface area contributed by atoms with Crippen molar-refractivity contribution >= 4 is 34.9 Å². The van der Waals surface area contributed by atoms with Gasteiger partial charge in [0.2, 0.25) is 5.91 Å². The van der Waals surface area contributed by atoms with Crippen LogP contribution in [0, 0.1) is 5.92 Å². The molecule has 1 atom stereocenters. The molecule has 0 aliphatic heterocycles. The van der Waals surface area contributed by atoms with Crippen molar-refractivity contribution in [1.82, 2.24) is 9.97 Å². The van der Waals surface area contributed by atoms with E-state index in [4.69, 9.17) is 28.9 Å². The Hall–Kier alpha value is -0.910. The standard InChI is InChI=1S/C9H12Cl2N4O/c1-4(2)6(12)9(16)15-8-5(10)7(11)13-3-14-8/h3-4,6H,12H2,1-2H3,(H,13,14,15,16). The Morgan fingerprint density at radius 1 is 1.44 bits per heavy atom. The number of amides is 1. The molecule has 88 valence electrons. The van der Waals surface area contributed by atoms with Crippen LogP contribution in [0.25, 0.3) is 0 Å². The summed E-state index contributed by atoms with van der Waals surface area (Å²) in [5.74, 6) is -0.162. The van der Waals surface area contributed by atoms with Crippen molar-refractivity contribution < 1.29 is 4.79 Å². The predicted octanol–water partition coefficient (Wildman–Crippen LogP) is 1.71. The van der Waals surface area contributed by atoms with Gasteiger partial charge in [-0.25, -0.2) is 9.97 Å². The van der Waals surface area contributed by atoms with Crippen LogP contribution in [0.1, 0.15) is 13.8 Å². The molecule has 7 heteroatoms. The van der Waals surface area contributed by atoms with Gasteiger partial charge in [0, 0.05) is 0 Å². The third-order valence-corrected chi connectivity index (χ3v) is 2.75. The summed E-state index contributed by atoms with van der Waals surface area (Å²) in [7, 11) is 0. The zero-order chi connectivity index (χ0) is 12.3. The molecule has 0 fully saturated rings. The second-order valence-electron chi connectivity index (χ2n) is 3.59. The first-order chi connectivity index (χ1) is 7.43. The van der Waals surface area contributed by atoms with Crippen molar-refractivity contribution in [1.29, 1.82) is 0 Å². The van der Waals surface area contributed by atoms with Crippen LogP contribution in [0.4, 0.5) is 5.82 Å². The highest BCUT2D eigenvalue weighted by atomic mass is 35.5. The van der Waals surface area contributed by atoms with E-state index < -0.39 is 6.04 Å². The van der Waals surface area contributed by atoms with Gasteiger partial charge in [0.05, 0.1) is 6.04 Å². The second-order valence-corrected chi connectivity index (χ2v) is 4.32.